The van der Waals surface area contributed by atoms with Gasteiger partial charge in [-0.25, -0.2) is 0 Å². The number of hydrogen-bond acceptors (Lipinski definition) is 5. The van der Waals surface area contributed by atoms with Crippen LogP contribution < -0.4 is 10.1 Å². The van der Waals surface area contributed by atoms with Crippen molar-refractivity contribution in [2.45, 2.75) is 44.1 Å². The lowest BCUT2D eigenvalue weighted by molar-refractivity contribution is -0.140. The molecular formula is C26H29IN2O5. The van der Waals surface area contributed by atoms with Crippen LogP contribution in [0.3, 0.4) is 0 Å². The van der Waals surface area contributed by atoms with Crippen LogP contribution in [0.5, 0.6) is 5.75 Å². The fraction of sp³-hybridized carbons (Fsp3) is 0.385. The summed E-state index contributed by atoms with van der Waals surface area (Å²) in [5.74, 6) is 0.226. The van der Waals surface area contributed by atoms with Gasteiger partial charge in [0.1, 0.15) is 18.0 Å². The zero-order chi connectivity index (χ0) is 24.1. The number of rotatable bonds is 9. The van der Waals surface area contributed by atoms with E-state index in [0.717, 1.165) is 22.0 Å². The lowest BCUT2D eigenvalue weighted by atomic mass is 9.87. The lowest BCUT2D eigenvalue weighted by Gasteiger charge is -2.40. The normalized spacial score (nSPS) is 22.0. The summed E-state index contributed by atoms with van der Waals surface area (Å²) in [6.45, 7) is 0.298. The molecule has 0 heterocycles. The van der Waals surface area contributed by atoms with Gasteiger partial charge < -0.3 is 25.2 Å². The maximum absolute atomic E-state index is 13.3. The second-order valence-electron chi connectivity index (χ2n) is 8.67. The van der Waals surface area contributed by atoms with Crippen molar-refractivity contribution < 1.29 is 24.5 Å². The minimum atomic E-state index is -1.02. The van der Waals surface area contributed by atoms with Crippen LogP contribution in [-0.4, -0.2) is 58.3 Å². The highest BCUT2D eigenvalue weighted by atomic mass is 127. The van der Waals surface area contributed by atoms with Gasteiger partial charge in [0.05, 0.1) is 16.2 Å². The average molecular weight is 576 g/mol. The van der Waals surface area contributed by atoms with E-state index in [2.05, 4.69) is 27.9 Å². The Labute approximate surface area is 212 Å². The summed E-state index contributed by atoms with van der Waals surface area (Å²) >= 11 is 2.16. The third-order valence-electron chi connectivity index (χ3n) is 6.12. The number of carbonyl (C=O) groups is 2. The van der Waals surface area contributed by atoms with Crippen LogP contribution in [0, 0.1) is 9.49 Å². The van der Waals surface area contributed by atoms with Crippen LogP contribution in [0.2, 0.25) is 0 Å². The van der Waals surface area contributed by atoms with Crippen LogP contribution in [0.15, 0.2) is 66.2 Å². The molecule has 0 aromatic heterocycles. The van der Waals surface area contributed by atoms with Crippen molar-refractivity contribution in [3.63, 3.8) is 0 Å². The molecule has 0 saturated heterocycles. The van der Waals surface area contributed by atoms with E-state index in [1.54, 1.807) is 11.0 Å². The van der Waals surface area contributed by atoms with Crippen LogP contribution in [0.4, 0.5) is 0 Å². The third kappa shape index (κ3) is 5.97. The smallest absolute Gasteiger partial charge is 0.247 e. The molecule has 7 nitrogen and oxygen atoms in total. The Kier molecular flexibility index (Phi) is 8.23. The number of para-hydroxylation sites is 1. The van der Waals surface area contributed by atoms with E-state index in [1.165, 1.54) is 0 Å². The predicted octanol–water partition coefficient (Wildman–Crippen LogP) is 2.65. The molecule has 2 amide bonds. The first-order valence-electron chi connectivity index (χ1n) is 11.5. The minimum Gasteiger partial charge on any atom is -0.482 e. The van der Waals surface area contributed by atoms with Gasteiger partial charge in [-0.1, -0.05) is 42.5 Å². The van der Waals surface area contributed by atoms with Gasteiger partial charge in [-0.05, 0) is 59.2 Å². The second kappa shape index (κ2) is 11.3. The van der Waals surface area contributed by atoms with Gasteiger partial charge in [0, 0.05) is 31.0 Å². The summed E-state index contributed by atoms with van der Waals surface area (Å²) in [5.41, 5.74) is 1.39. The maximum atomic E-state index is 13.3. The molecule has 2 aromatic rings. The zero-order valence-electron chi connectivity index (χ0n) is 18.8. The van der Waals surface area contributed by atoms with Gasteiger partial charge in [0.15, 0.2) is 0 Å². The number of halogens is 1. The molecule has 2 aliphatic carbocycles. The molecule has 0 aliphatic heterocycles. The lowest BCUT2D eigenvalue weighted by Crippen LogP contribution is -2.55. The van der Waals surface area contributed by atoms with Crippen LogP contribution in [0.1, 0.15) is 24.8 Å². The van der Waals surface area contributed by atoms with Crippen molar-refractivity contribution in [3.05, 3.63) is 75.4 Å². The number of nitrogens with zero attached hydrogens (tertiary/aromatic N) is 1. The largest absolute Gasteiger partial charge is 0.482 e. The van der Waals surface area contributed by atoms with Crippen molar-refractivity contribution in [1.29, 1.82) is 0 Å². The van der Waals surface area contributed by atoms with E-state index >= 15 is 0 Å². The molecular weight excluding hydrogens is 547 g/mol. The first kappa shape index (κ1) is 24.7. The van der Waals surface area contributed by atoms with Crippen molar-refractivity contribution in [3.8, 4) is 5.75 Å². The van der Waals surface area contributed by atoms with Crippen LogP contribution in [-0.2, 0) is 16.1 Å². The van der Waals surface area contributed by atoms with Crippen molar-refractivity contribution in [1.82, 2.24) is 10.2 Å². The average Bonchev–Trinajstić information content (AvgIpc) is 3.70. The molecule has 1 saturated carbocycles. The van der Waals surface area contributed by atoms with Gasteiger partial charge >= 0.3 is 0 Å². The van der Waals surface area contributed by atoms with E-state index in [1.807, 2.05) is 54.6 Å². The van der Waals surface area contributed by atoms with E-state index in [9.17, 15) is 14.7 Å². The molecule has 2 aromatic carbocycles. The number of amides is 2. The second-order valence-corrected chi connectivity index (χ2v) is 9.83. The standard InChI is InChI=1S/C26H29IN2O5/c27-20-8-4-5-9-22(20)34-23-15-19(25(32)28-12-13-30)14-21(24(23)31)29(26(33)18-10-11-18)16-17-6-2-1-3-7-17/h1-9,15,18,21,23-24,30-31H,10-14,16H2,(H,28,32)/t21-,23+,24+/m1/s1. The Morgan fingerprint density at radius 2 is 1.79 bits per heavy atom. The molecule has 0 spiro atoms. The van der Waals surface area contributed by atoms with E-state index in [4.69, 9.17) is 9.84 Å². The number of nitrogens with one attached hydrogen (secondary N) is 1. The first-order chi connectivity index (χ1) is 16.5. The molecule has 8 heteroatoms. The summed E-state index contributed by atoms with van der Waals surface area (Å²) < 4.78 is 7.05. The Balaban J connectivity index is 1.66. The maximum Gasteiger partial charge on any atom is 0.247 e. The predicted molar refractivity (Wildman–Crippen MR) is 136 cm³/mol. The number of ether oxygens (including phenoxy) is 1. The molecule has 0 bridgehead atoms. The SMILES string of the molecule is O=C(NCCO)C1=C[C@H](Oc2ccccc2I)[C@@H](O)[C@H](N(Cc2ccccc2)C(=O)C2CC2)C1. The zero-order valence-corrected chi connectivity index (χ0v) is 20.9. The first-order valence-corrected chi connectivity index (χ1v) is 12.6. The topological polar surface area (TPSA) is 99.1 Å². The van der Waals surface area contributed by atoms with Gasteiger partial charge in [-0.2, -0.15) is 0 Å². The Morgan fingerprint density at radius 3 is 2.47 bits per heavy atom. The summed E-state index contributed by atoms with van der Waals surface area (Å²) in [5, 5.41) is 23.2. The molecule has 4 rings (SSSR count). The van der Waals surface area contributed by atoms with Crippen LogP contribution in [0.25, 0.3) is 0 Å². The molecule has 2 aliphatic rings. The van der Waals surface area contributed by atoms with Crippen molar-refractivity contribution >= 4 is 34.4 Å². The highest BCUT2D eigenvalue weighted by Crippen LogP contribution is 2.36. The summed E-state index contributed by atoms with van der Waals surface area (Å²) in [6, 6.07) is 16.5. The quantitative estimate of drug-likeness (QED) is 0.399. The fourth-order valence-corrected chi connectivity index (χ4v) is 4.68. The van der Waals surface area contributed by atoms with E-state index in [0.29, 0.717) is 17.9 Å². The molecule has 180 valence electrons. The number of aliphatic hydroxyl groups is 2. The highest BCUT2D eigenvalue weighted by Gasteiger charge is 2.43. The Hall–Kier alpha value is -2.43. The molecule has 1 fully saturated rings. The summed E-state index contributed by atoms with van der Waals surface area (Å²) in [4.78, 5) is 27.9. The van der Waals surface area contributed by atoms with Crippen molar-refractivity contribution in [2.24, 2.45) is 5.92 Å². The minimum absolute atomic E-state index is 0.00189. The molecule has 3 atom stereocenters. The van der Waals surface area contributed by atoms with Gasteiger partial charge in [0.25, 0.3) is 0 Å². The third-order valence-corrected chi connectivity index (χ3v) is 7.01. The fourth-order valence-electron chi connectivity index (χ4n) is 4.17. The summed E-state index contributed by atoms with van der Waals surface area (Å²) in [6.07, 6.45) is 1.70. The van der Waals surface area contributed by atoms with Gasteiger partial charge in [-0.3, -0.25) is 9.59 Å². The van der Waals surface area contributed by atoms with E-state index < -0.39 is 18.2 Å². The van der Waals surface area contributed by atoms with Gasteiger partial charge in [-0.15, -0.1) is 0 Å². The van der Waals surface area contributed by atoms with Gasteiger partial charge in [0.2, 0.25) is 11.8 Å². The molecule has 34 heavy (non-hydrogen) atoms. The Bertz CT molecular complexity index is 1040. The number of benzene rings is 2. The monoisotopic (exact) mass is 576 g/mol. The van der Waals surface area contributed by atoms with E-state index in [-0.39, 0.29) is 37.3 Å². The number of hydrogen-bond donors (Lipinski definition) is 3. The Morgan fingerprint density at radius 1 is 1.09 bits per heavy atom. The highest BCUT2D eigenvalue weighted by molar-refractivity contribution is 14.1. The van der Waals surface area contributed by atoms with Crippen molar-refractivity contribution in [2.75, 3.05) is 13.2 Å². The number of aliphatic hydroxyl groups excluding tert-OH is 2. The molecule has 0 unspecified atom stereocenters. The molecule has 0 radical (unpaired) electrons. The number of carbonyl (C=O) groups excluding carboxylic acids is 2. The summed E-state index contributed by atoms with van der Waals surface area (Å²) in [7, 11) is 0. The molecule has 3 N–H and O–H groups in total. The van der Waals surface area contributed by atoms with Crippen LogP contribution >= 0.6 is 22.6 Å².